The minimum atomic E-state index is -1.75. The second-order valence-electron chi connectivity index (χ2n) is 4.47. The second kappa shape index (κ2) is 9.51. The molecule has 23 heavy (non-hydrogen) atoms. The van der Waals surface area contributed by atoms with Crippen LogP contribution in [-0.2, 0) is 4.79 Å². The lowest BCUT2D eigenvalue weighted by Crippen LogP contribution is -2.26. The number of amides is 1. The van der Waals surface area contributed by atoms with Crippen molar-refractivity contribution in [2.24, 2.45) is 11.5 Å². The summed E-state index contributed by atoms with van der Waals surface area (Å²) in [6.07, 6.45) is 0.854. The van der Waals surface area contributed by atoms with Crippen LogP contribution in [0.1, 0.15) is 0 Å². The molecule has 119 valence electrons. The summed E-state index contributed by atoms with van der Waals surface area (Å²) < 4.78 is -1.75. The van der Waals surface area contributed by atoms with Gasteiger partial charge in [-0.3, -0.25) is 4.79 Å². The number of alkyl halides is 3. The van der Waals surface area contributed by atoms with Gasteiger partial charge >= 0.3 is 0 Å². The van der Waals surface area contributed by atoms with Crippen LogP contribution in [-0.4, -0.2) is 17.0 Å². The van der Waals surface area contributed by atoms with E-state index in [-0.39, 0.29) is 5.70 Å². The molecule has 0 aromatic heterocycles. The van der Waals surface area contributed by atoms with E-state index in [1.807, 2.05) is 12.1 Å². The van der Waals surface area contributed by atoms with Crippen LogP contribution in [0.3, 0.4) is 0 Å². The van der Waals surface area contributed by atoms with Crippen molar-refractivity contribution in [1.82, 2.24) is 0 Å². The molecule has 0 atom stereocenters. The van der Waals surface area contributed by atoms with E-state index < -0.39 is 9.70 Å². The number of rotatable bonds is 3. The van der Waals surface area contributed by atoms with Crippen LogP contribution >= 0.6 is 34.8 Å². The van der Waals surface area contributed by atoms with E-state index in [4.69, 9.17) is 46.3 Å². The van der Waals surface area contributed by atoms with E-state index >= 15 is 0 Å². The molecule has 2 rings (SSSR count). The van der Waals surface area contributed by atoms with Crippen LogP contribution in [0.4, 0.5) is 0 Å². The van der Waals surface area contributed by atoms with Gasteiger partial charge in [-0.25, -0.2) is 0 Å². The quantitative estimate of drug-likeness (QED) is 0.494. The number of hydrogen-bond donors (Lipinski definition) is 2. The van der Waals surface area contributed by atoms with Crippen LogP contribution in [0, 0.1) is 0 Å². The van der Waals surface area contributed by atoms with Gasteiger partial charge in [-0.2, -0.15) is 0 Å². The molecule has 3 nitrogen and oxygen atoms in total. The lowest BCUT2D eigenvalue weighted by atomic mass is 9.64. The van der Waals surface area contributed by atoms with Crippen molar-refractivity contribution in [3.05, 3.63) is 72.4 Å². The van der Waals surface area contributed by atoms with Gasteiger partial charge in [0.05, 0.1) is 5.70 Å². The molecule has 0 spiro atoms. The van der Waals surface area contributed by atoms with Crippen molar-refractivity contribution in [2.45, 2.75) is 3.79 Å². The number of primary amides is 1. The second-order valence-corrected chi connectivity index (χ2v) is 6.75. The molecule has 2 aromatic carbocycles. The molecule has 4 N–H and O–H groups in total. The maximum atomic E-state index is 10.1. The molecule has 1 amide bonds. The highest BCUT2D eigenvalue weighted by molar-refractivity contribution is 6.69. The van der Waals surface area contributed by atoms with Crippen LogP contribution in [0.25, 0.3) is 0 Å². The fourth-order valence-corrected chi connectivity index (χ4v) is 1.69. The first-order valence-corrected chi connectivity index (χ1v) is 7.71. The Morgan fingerprint density at radius 1 is 0.870 bits per heavy atom. The number of nitrogens with two attached hydrogens (primary N) is 2. The van der Waals surface area contributed by atoms with Crippen molar-refractivity contribution >= 4 is 58.9 Å². The number of hydrogen-bond acceptors (Lipinski definition) is 2. The molecule has 0 fully saturated rings. The van der Waals surface area contributed by atoms with Gasteiger partial charge < -0.3 is 11.5 Å². The lowest BCUT2D eigenvalue weighted by molar-refractivity contribution is -0.113. The van der Waals surface area contributed by atoms with E-state index in [1.165, 1.54) is 10.9 Å². The monoisotopic (exact) mass is 367 g/mol. The molecule has 0 saturated carbocycles. The van der Waals surface area contributed by atoms with Gasteiger partial charge in [0.1, 0.15) is 0 Å². The Morgan fingerprint density at radius 2 is 1.26 bits per heavy atom. The van der Waals surface area contributed by atoms with Crippen molar-refractivity contribution in [3.63, 3.8) is 0 Å². The number of benzene rings is 2. The Kier molecular flexibility index (Phi) is 8.03. The van der Waals surface area contributed by atoms with Gasteiger partial charge in [-0.05, 0) is 0 Å². The molecule has 0 aliphatic rings. The Bertz CT molecular complexity index is 606. The number of halogens is 3. The van der Waals surface area contributed by atoms with Gasteiger partial charge in [0.2, 0.25) is 9.70 Å². The Hall–Kier alpha value is -1.62. The van der Waals surface area contributed by atoms with Crippen LogP contribution in [0.2, 0.25) is 0 Å². The molecular formula is C16H15BCl3N2O. The molecule has 0 bridgehead atoms. The zero-order valence-electron chi connectivity index (χ0n) is 12.1. The SMILES string of the molecule is NC(=O)C=C(N)C(Cl)(Cl)Cl.[B](c1ccccc1)c1ccccc1. The van der Waals surface area contributed by atoms with E-state index in [2.05, 4.69) is 55.8 Å². The van der Waals surface area contributed by atoms with Gasteiger partial charge in [0, 0.05) is 6.08 Å². The maximum Gasteiger partial charge on any atom is 0.243 e. The third-order valence-electron chi connectivity index (χ3n) is 2.56. The summed E-state index contributed by atoms with van der Waals surface area (Å²) in [5, 5.41) is 0. The number of carbonyl (C=O) groups excluding carboxylic acids is 1. The van der Waals surface area contributed by atoms with Gasteiger partial charge in [0.25, 0.3) is 0 Å². The van der Waals surface area contributed by atoms with Crippen molar-refractivity contribution in [1.29, 1.82) is 0 Å². The third-order valence-corrected chi connectivity index (χ3v) is 3.21. The zero-order valence-corrected chi connectivity index (χ0v) is 14.4. The van der Waals surface area contributed by atoms with E-state index in [9.17, 15) is 4.79 Å². The molecule has 0 unspecified atom stereocenters. The predicted molar refractivity (Wildman–Crippen MR) is 99.7 cm³/mol. The largest absolute Gasteiger partial charge is 0.398 e. The summed E-state index contributed by atoms with van der Waals surface area (Å²) in [7, 11) is 2.17. The Balaban J connectivity index is 0.000000241. The van der Waals surface area contributed by atoms with E-state index in [1.54, 1.807) is 0 Å². The predicted octanol–water partition coefficient (Wildman–Crippen LogP) is 2.03. The van der Waals surface area contributed by atoms with Gasteiger partial charge in [-0.1, -0.05) is 106 Å². The van der Waals surface area contributed by atoms with Crippen LogP contribution in [0.5, 0.6) is 0 Å². The molecule has 1 radical (unpaired) electrons. The number of allylic oxidation sites excluding steroid dienone is 1. The molecule has 0 heterocycles. The van der Waals surface area contributed by atoms with Crippen molar-refractivity contribution in [2.75, 3.05) is 0 Å². The van der Waals surface area contributed by atoms with Crippen LogP contribution in [0.15, 0.2) is 72.4 Å². The van der Waals surface area contributed by atoms with Gasteiger partial charge in [-0.15, -0.1) is 0 Å². The zero-order chi connectivity index (χ0) is 17.3. The van der Waals surface area contributed by atoms with Crippen LogP contribution < -0.4 is 22.4 Å². The summed E-state index contributed by atoms with van der Waals surface area (Å²) in [4.78, 5) is 10.1. The normalized spacial score (nSPS) is 11.2. The minimum absolute atomic E-state index is 0.190. The fraction of sp³-hybridized carbons (Fsp3) is 0.0625. The smallest absolute Gasteiger partial charge is 0.243 e. The fourth-order valence-electron chi connectivity index (χ4n) is 1.53. The molecule has 0 aliphatic carbocycles. The standard InChI is InChI=1S/C12H10B.C4H5Cl3N2O/c1-3-7-11(8-4-1)13-12-9-5-2-6-10-12;5-4(6,7)2(8)1-3(9)10/h1-10H;1H,8H2,(H2,9,10). The molecule has 2 aromatic rings. The summed E-state index contributed by atoms with van der Waals surface area (Å²) in [5.41, 5.74) is 12.1. The molecule has 0 saturated heterocycles. The average molecular weight is 368 g/mol. The molecular weight excluding hydrogens is 353 g/mol. The summed E-state index contributed by atoms with van der Waals surface area (Å²) in [6.45, 7) is 0. The molecule has 0 aliphatic heterocycles. The minimum Gasteiger partial charge on any atom is -0.398 e. The first-order chi connectivity index (χ1) is 10.8. The summed E-state index contributed by atoms with van der Waals surface area (Å²) >= 11 is 15.8. The highest BCUT2D eigenvalue weighted by Gasteiger charge is 2.23. The lowest BCUT2D eigenvalue weighted by Gasteiger charge is -2.09. The van der Waals surface area contributed by atoms with E-state index in [0.29, 0.717) is 0 Å². The van der Waals surface area contributed by atoms with Crippen molar-refractivity contribution in [3.8, 4) is 0 Å². The Morgan fingerprint density at radius 3 is 1.52 bits per heavy atom. The summed E-state index contributed by atoms with van der Waals surface area (Å²) in [6, 6.07) is 20.7. The number of carbonyl (C=O) groups is 1. The van der Waals surface area contributed by atoms with E-state index in [0.717, 1.165) is 6.08 Å². The van der Waals surface area contributed by atoms with Crippen molar-refractivity contribution < 1.29 is 4.79 Å². The highest BCUT2D eigenvalue weighted by Crippen LogP contribution is 2.31. The Labute approximate surface area is 151 Å². The maximum absolute atomic E-state index is 10.1. The van der Waals surface area contributed by atoms with Gasteiger partial charge in [0.15, 0.2) is 7.28 Å². The first-order valence-electron chi connectivity index (χ1n) is 6.57. The highest BCUT2D eigenvalue weighted by atomic mass is 35.6. The molecule has 7 heteroatoms. The topological polar surface area (TPSA) is 69.1 Å². The average Bonchev–Trinajstić information content (AvgIpc) is 2.48. The summed E-state index contributed by atoms with van der Waals surface area (Å²) in [5.74, 6) is -0.746. The first kappa shape index (κ1) is 19.4. The third kappa shape index (κ3) is 8.55.